The van der Waals surface area contributed by atoms with Crippen molar-refractivity contribution in [2.45, 2.75) is 31.3 Å². The number of amides is 1. The van der Waals surface area contributed by atoms with E-state index in [1.807, 2.05) is 48.5 Å². The minimum atomic E-state index is -0.655. The number of hydrogen-bond donors (Lipinski definition) is 1. The average molecular weight is 322 g/mol. The van der Waals surface area contributed by atoms with Crippen LogP contribution in [-0.2, 0) is 10.3 Å². The van der Waals surface area contributed by atoms with Crippen LogP contribution in [0, 0.1) is 0 Å². The number of para-hydroxylation sites is 2. The number of benzene rings is 2. The summed E-state index contributed by atoms with van der Waals surface area (Å²) in [4.78, 5) is 16.6. The van der Waals surface area contributed by atoms with E-state index in [1.54, 1.807) is 0 Å². The van der Waals surface area contributed by atoms with E-state index in [1.165, 1.54) is 6.39 Å². The van der Waals surface area contributed by atoms with E-state index < -0.39 is 11.7 Å². The van der Waals surface area contributed by atoms with Gasteiger partial charge in [0.1, 0.15) is 11.1 Å². The van der Waals surface area contributed by atoms with Crippen molar-refractivity contribution in [2.24, 2.45) is 0 Å². The second-order valence-electron chi connectivity index (χ2n) is 6.09. The van der Waals surface area contributed by atoms with Crippen molar-refractivity contribution in [3.05, 3.63) is 60.5 Å². The molecule has 0 bridgehead atoms. The van der Waals surface area contributed by atoms with Gasteiger partial charge in [-0.1, -0.05) is 30.3 Å². The summed E-state index contributed by atoms with van der Waals surface area (Å²) in [6.45, 7) is 0. The van der Waals surface area contributed by atoms with Crippen LogP contribution in [0.2, 0.25) is 0 Å². The van der Waals surface area contributed by atoms with E-state index in [0.29, 0.717) is 11.3 Å². The molecule has 1 saturated carbocycles. The molecule has 5 nitrogen and oxygen atoms in total. The third-order valence-corrected chi connectivity index (χ3v) is 4.57. The minimum absolute atomic E-state index is 0.445. The van der Waals surface area contributed by atoms with Crippen molar-refractivity contribution in [3.63, 3.8) is 0 Å². The molecule has 24 heavy (non-hydrogen) atoms. The number of ether oxygens (including phenoxy) is 1. The van der Waals surface area contributed by atoms with Crippen molar-refractivity contribution in [1.82, 2.24) is 4.98 Å². The molecule has 5 heteroatoms. The first-order valence-electron chi connectivity index (χ1n) is 8.15. The Labute approximate surface area is 139 Å². The zero-order valence-corrected chi connectivity index (χ0v) is 13.2. The zero-order valence-electron chi connectivity index (χ0n) is 13.2. The lowest BCUT2D eigenvalue weighted by atomic mass is 9.91. The molecule has 1 heterocycles. The van der Waals surface area contributed by atoms with Crippen LogP contribution in [0.3, 0.4) is 0 Å². The molecule has 1 aliphatic rings. The number of nitrogens with zero attached hydrogens (tertiary/aromatic N) is 1. The average Bonchev–Trinajstić information content (AvgIpc) is 3.25. The smallest absolute Gasteiger partial charge is 0.412 e. The highest BCUT2D eigenvalue weighted by Gasteiger charge is 2.41. The third kappa shape index (κ3) is 2.62. The monoisotopic (exact) mass is 322 g/mol. The van der Waals surface area contributed by atoms with Gasteiger partial charge in [0, 0.05) is 11.3 Å². The van der Waals surface area contributed by atoms with Gasteiger partial charge in [-0.2, -0.15) is 0 Å². The Kier molecular flexibility index (Phi) is 3.69. The van der Waals surface area contributed by atoms with Gasteiger partial charge in [-0.05, 0) is 43.9 Å². The van der Waals surface area contributed by atoms with Gasteiger partial charge in [-0.25, -0.2) is 9.78 Å². The molecule has 1 N–H and O–H groups in total. The van der Waals surface area contributed by atoms with Crippen LogP contribution in [0.5, 0.6) is 0 Å². The normalized spacial score (nSPS) is 16.2. The second kappa shape index (κ2) is 6.00. The van der Waals surface area contributed by atoms with Gasteiger partial charge in [-0.3, -0.25) is 5.32 Å². The Hall–Kier alpha value is -2.82. The number of hydrogen-bond acceptors (Lipinski definition) is 4. The molecule has 3 aromatic rings. The van der Waals surface area contributed by atoms with E-state index in [-0.39, 0.29) is 0 Å². The molecule has 2 aromatic carbocycles. The molecular formula is C19H18N2O3. The molecule has 0 atom stereocenters. The van der Waals surface area contributed by atoms with Gasteiger partial charge >= 0.3 is 6.09 Å². The molecule has 0 unspecified atom stereocenters. The molecule has 1 amide bonds. The van der Waals surface area contributed by atoms with Crippen LogP contribution in [0.25, 0.3) is 11.1 Å². The van der Waals surface area contributed by atoms with Crippen LogP contribution in [0.1, 0.15) is 31.2 Å². The number of aromatic nitrogens is 1. The Bertz CT molecular complexity index is 851. The van der Waals surface area contributed by atoms with Crippen LogP contribution < -0.4 is 5.32 Å². The highest BCUT2D eigenvalue weighted by atomic mass is 16.6. The topological polar surface area (TPSA) is 64.4 Å². The first-order chi connectivity index (χ1) is 11.8. The van der Waals surface area contributed by atoms with Crippen LogP contribution >= 0.6 is 0 Å². The molecule has 0 aliphatic heterocycles. The number of carbonyl (C=O) groups excluding carboxylic acids is 1. The summed E-state index contributed by atoms with van der Waals surface area (Å²) in [6.07, 6.45) is 4.59. The highest BCUT2D eigenvalue weighted by molar-refractivity contribution is 5.85. The summed E-state index contributed by atoms with van der Waals surface area (Å²) in [5.41, 5.74) is 2.45. The molecule has 0 saturated heterocycles. The molecule has 122 valence electrons. The quantitative estimate of drug-likeness (QED) is 0.749. The van der Waals surface area contributed by atoms with Crippen LogP contribution in [-0.4, -0.2) is 11.1 Å². The van der Waals surface area contributed by atoms with Gasteiger partial charge in [-0.15, -0.1) is 0 Å². The van der Waals surface area contributed by atoms with Crippen molar-refractivity contribution in [1.29, 1.82) is 0 Å². The Balaban J connectivity index is 1.64. The van der Waals surface area contributed by atoms with Crippen LogP contribution in [0.15, 0.2) is 59.3 Å². The molecule has 1 aromatic heterocycles. The summed E-state index contributed by atoms with van der Waals surface area (Å²) < 4.78 is 11.5. The first-order valence-corrected chi connectivity index (χ1v) is 8.15. The lowest BCUT2D eigenvalue weighted by Gasteiger charge is -2.29. The minimum Gasteiger partial charge on any atom is -0.443 e. The molecule has 0 radical (unpaired) electrons. The molecule has 4 rings (SSSR count). The van der Waals surface area contributed by atoms with Crippen molar-refractivity contribution in [3.8, 4) is 0 Å². The summed E-state index contributed by atoms with van der Waals surface area (Å²) in [5, 5.41) is 2.80. The Morgan fingerprint density at radius 3 is 2.67 bits per heavy atom. The number of rotatable bonds is 3. The Morgan fingerprint density at radius 1 is 1.08 bits per heavy atom. The molecule has 0 spiro atoms. The van der Waals surface area contributed by atoms with Gasteiger partial charge in [0.15, 0.2) is 12.0 Å². The molecule has 1 aliphatic carbocycles. The summed E-state index contributed by atoms with van der Waals surface area (Å²) in [6, 6.07) is 15.1. The summed E-state index contributed by atoms with van der Waals surface area (Å²) in [5.74, 6) is 0. The van der Waals surface area contributed by atoms with Crippen molar-refractivity contribution >= 4 is 22.9 Å². The SMILES string of the molecule is O=C(Nc1ccccc1)OC1(c2cccc3ncoc23)CCCC1. The van der Waals surface area contributed by atoms with Gasteiger partial charge in [0.2, 0.25) is 0 Å². The van der Waals surface area contributed by atoms with E-state index in [9.17, 15) is 4.79 Å². The van der Waals surface area contributed by atoms with E-state index in [2.05, 4.69) is 10.3 Å². The fraction of sp³-hybridized carbons (Fsp3) is 0.263. The number of fused-ring (bicyclic) bond motifs is 1. The Morgan fingerprint density at radius 2 is 1.88 bits per heavy atom. The maximum absolute atomic E-state index is 12.4. The van der Waals surface area contributed by atoms with E-state index >= 15 is 0 Å². The van der Waals surface area contributed by atoms with E-state index in [0.717, 1.165) is 36.8 Å². The number of anilines is 1. The van der Waals surface area contributed by atoms with Gasteiger partial charge < -0.3 is 9.15 Å². The standard InChI is InChI=1S/C19H18N2O3/c22-18(21-14-7-2-1-3-8-14)24-19(11-4-5-12-19)15-9-6-10-16-17(15)23-13-20-16/h1-3,6-10,13H,4-5,11-12H2,(H,21,22). The van der Waals surface area contributed by atoms with Crippen molar-refractivity contribution in [2.75, 3.05) is 5.32 Å². The second-order valence-corrected chi connectivity index (χ2v) is 6.09. The van der Waals surface area contributed by atoms with E-state index in [4.69, 9.17) is 9.15 Å². The number of carbonyl (C=O) groups is 1. The molecular weight excluding hydrogens is 304 g/mol. The summed E-state index contributed by atoms with van der Waals surface area (Å²) in [7, 11) is 0. The van der Waals surface area contributed by atoms with Gasteiger partial charge in [0.25, 0.3) is 0 Å². The largest absolute Gasteiger partial charge is 0.443 e. The van der Waals surface area contributed by atoms with Crippen LogP contribution in [0.4, 0.5) is 10.5 Å². The predicted octanol–water partition coefficient (Wildman–Crippen LogP) is 4.85. The maximum Gasteiger partial charge on any atom is 0.412 e. The number of oxazole rings is 1. The van der Waals surface area contributed by atoms with Crippen molar-refractivity contribution < 1.29 is 13.9 Å². The lowest BCUT2D eigenvalue weighted by molar-refractivity contribution is 0.0219. The predicted molar refractivity (Wildman–Crippen MR) is 90.7 cm³/mol. The first kappa shape index (κ1) is 14.8. The number of nitrogens with one attached hydrogen (secondary N) is 1. The fourth-order valence-corrected chi connectivity index (χ4v) is 3.46. The highest BCUT2D eigenvalue weighted by Crippen LogP contribution is 2.44. The van der Waals surface area contributed by atoms with Gasteiger partial charge in [0.05, 0.1) is 0 Å². The maximum atomic E-state index is 12.4. The summed E-state index contributed by atoms with van der Waals surface area (Å²) >= 11 is 0. The fourth-order valence-electron chi connectivity index (χ4n) is 3.46. The molecule has 1 fully saturated rings. The zero-order chi connectivity index (χ0) is 16.4. The lowest BCUT2D eigenvalue weighted by Crippen LogP contribution is -2.32. The third-order valence-electron chi connectivity index (χ3n) is 4.57.